The number of rotatable bonds is 6. The Morgan fingerprint density at radius 3 is 2.62 bits per heavy atom. The first kappa shape index (κ1) is 23.1. The van der Waals surface area contributed by atoms with E-state index in [4.69, 9.17) is 19.8 Å². The van der Waals surface area contributed by atoms with Gasteiger partial charge in [-0.2, -0.15) is 18.4 Å². The predicted octanol–water partition coefficient (Wildman–Crippen LogP) is 4.44. The number of hydrogen-bond donors (Lipinski definition) is 3. The van der Waals surface area contributed by atoms with Crippen LogP contribution in [0.4, 0.5) is 17.6 Å². The number of nitrogens with one attached hydrogen (secondary N) is 2. The number of aromatic nitrogens is 3. The second-order valence-corrected chi connectivity index (χ2v) is 7.42. The number of ether oxygens (including phenoxy) is 2. The molecule has 2 aromatic carbocycles. The van der Waals surface area contributed by atoms with Crippen molar-refractivity contribution in [3.05, 3.63) is 59.0 Å². The third kappa shape index (κ3) is 3.41. The second kappa shape index (κ2) is 8.03. The quantitative estimate of drug-likeness (QED) is 0.354. The molecule has 0 spiro atoms. The fraction of sp³-hybridized carbons (Fsp3) is 0.227. The summed E-state index contributed by atoms with van der Waals surface area (Å²) in [5.74, 6) is -3.51. The van der Waals surface area contributed by atoms with E-state index in [0.29, 0.717) is 5.56 Å². The minimum atomic E-state index is -5.43. The Kier molecular flexibility index (Phi) is 5.45. The van der Waals surface area contributed by atoms with Gasteiger partial charge in [0.25, 0.3) is 12.0 Å². The predicted molar refractivity (Wildman–Crippen MR) is 111 cm³/mol. The Morgan fingerprint density at radius 2 is 2.00 bits per heavy atom. The lowest BCUT2D eigenvalue weighted by atomic mass is 9.87. The Morgan fingerprint density at radius 1 is 1.26 bits per heavy atom. The number of alkyl halides is 4. The minimum absolute atomic E-state index is 0.0216. The summed E-state index contributed by atoms with van der Waals surface area (Å²) < 4.78 is 69.5. The summed E-state index contributed by atoms with van der Waals surface area (Å²) in [6, 6.07) is 8.37. The van der Waals surface area contributed by atoms with Crippen LogP contribution >= 0.6 is 0 Å². The normalized spacial score (nSPS) is 14.6. The van der Waals surface area contributed by atoms with E-state index in [1.165, 1.54) is 36.5 Å². The summed E-state index contributed by atoms with van der Waals surface area (Å²) >= 11 is 0. The van der Waals surface area contributed by atoms with E-state index in [1.54, 1.807) is 6.92 Å². The molecule has 0 radical (unpaired) electrons. The zero-order valence-corrected chi connectivity index (χ0v) is 17.6. The molecule has 12 heteroatoms. The highest BCUT2D eigenvalue weighted by Crippen LogP contribution is 2.53. The molecule has 4 aromatic rings. The second-order valence-electron chi connectivity index (χ2n) is 7.42. The minimum Gasteiger partial charge on any atom is -0.496 e. The third-order valence-corrected chi connectivity index (χ3v) is 5.39. The smallest absolute Gasteiger partial charge is 0.429 e. The molecule has 0 bridgehead atoms. The van der Waals surface area contributed by atoms with E-state index >= 15 is 13.2 Å². The molecule has 0 aliphatic rings. The van der Waals surface area contributed by atoms with Crippen molar-refractivity contribution in [2.24, 2.45) is 0 Å². The van der Waals surface area contributed by atoms with Crippen molar-refractivity contribution in [1.82, 2.24) is 15.0 Å². The number of nitrogens with zero attached hydrogens (tertiary/aromatic N) is 2. The molecule has 0 aliphatic carbocycles. The van der Waals surface area contributed by atoms with Crippen molar-refractivity contribution in [2.45, 2.75) is 25.1 Å². The fourth-order valence-corrected chi connectivity index (χ4v) is 3.93. The van der Waals surface area contributed by atoms with Crippen LogP contribution in [0.5, 0.6) is 5.75 Å². The Labute approximate surface area is 188 Å². The van der Waals surface area contributed by atoms with Crippen LogP contribution in [-0.2, 0) is 15.1 Å². The molecule has 34 heavy (non-hydrogen) atoms. The molecule has 176 valence electrons. The molecule has 2 heterocycles. The van der Waals surface area contributed by atoms with Gasteiger partial charge in [-0.05, 0) is 42.8 Å². The van der Waals surface area contributed by atoms with Crippen molar-refractivity contribution in [1.29, 1.82) is 5.26 Å². The van der Waals surface area contributed by atoms with Crippen LogP contribution in [-0.4, -0.2) is 45.7 Å². The molecule has 0 amide bonds. The average molecular weight is 476 g/mol. The maximum Gasteiger partial charge on any atom is 0.429 e. The molecular weight excluding hydrogens is 460 g/mol. The summed E-state index contributed by atoms with van der Waals surface area (Å²) in [5, 5.41) is 18.2. The van der Waals surface area contributed by atoms with Gasteiger partial charge in [-0.3, -0.25) is 0 Å². The van der Waals surface area contributed by atoms with Gasteiger partial charge in [0.05, 0.1) is 35.3 Å². The van der Waals surface area contributed by atoms with E-state index in [2.05, 4.69) is 15.0 Å². The standard InChI is InChI=1S/C22H16F4N4O4/c1-10-7-15(33-2)16(12-5-6-28-17(10)12)21(22(24,25)26,34-18(23)19(31)32)20-29-13-4-3-11(9-27)8-14(13)30-20/h3-8,18,28H,1-2H3,(H,29,30)(H,31,32). The fourth-order valence-electron chi connectivity index (χ4n) is 3.93. The van der Waals surface area contributed by atoms with E-state index in [1.807, 2.05) is 6.07 Å². The number of imidazole rings is 1. The maximum atomic E-state index is 15.0. The van der Waals surface area contributed by atoms with E-state index in [-0.39, 0.29) is 33.2 Å². The Balaban J connectivity index is 2.17. The number of nitriles is 1. The number of carbonyl (C=O) groups is 1. The number of carboxylic acids is 1. The first-order valence-electron chi connectivity index (χ1n) is 9.70. The number of aryl methyl sites for hydroxylation is 1. The van der Waals surface area contributed by atoms with Gasteiger partial charge in [-0.1, -0.05) is 0 Å². The first-order valence-corrected chi connectivity index (χ1v) is 9.70. The lowest BCUT2D eigenvalue weighted by molar-refractivity contribution is -0.295. The lowest BCUT2D eigenvalue weighted by Gasteiger charge is -2.36. The Bertz CT molecular complexity index is 1450. The van der Waals surface area contributed by atoms with Gasteiger partial charge in [0.1, 0.15) is 5.75 Å². The zero-order chi connectivity index (χ0) is 24.8. The van der Waals surface area contributed by atoms with Crippen LogP contribution in [0.25, 0.3) is 21.9 Å². The van der Waals surface area contributed by atoms with E-state index < -0.39 is 35.5 Å². The van der Waals surface area contributed by atoms with Crippen molar-refractivity contribution in [3.63, 3.8) is 0 Å². The highest BCUT2D eigenvalue weighted by molar-refractivity contribution is 5.90. The largest absolute Gasteiger partial charge is 0.496 e. The summed E-state index contributed by atoms with van der Waals surface area (Å²) in [6.07, 6.45) is -7.42. The number of methoxy groups -OCH3 is 1. The van der Waals surface area contributed by atoms with Crippen LogP contribution in [0.2, 0.25) is 0 Å². The molecule has 0 aliphatic heterocycles. The van der Waals surface area contributed by atoms with Crippen molar-refractivity contribution in [3.8, 4) is 11.8 Å². The number of H-pyrrole nitrogens is 2. The summed E-state index contributed by atoms with van der Waals surface area (Å²) in [4.78, 5) is 20.5. The maximum absolute atomic E-state index is 15.0. The van der Waals surface area contributed by atoms with Gasteiger partial charge in [-0.15, -0.1) is 0 Å². The van der Waals surface area contributed by atoms with E-state index in [9.17, 15) is 9.18 Å². The molecule has 2 atom stereocenters. The summed E-state index contributed by atoms with van der Waals surface area (Å²) in [7, 11) is 1.12. The van der Waals surface area contributed by atoms with Crippen molar-refractivity contribution < 1.29 is 36.9 Å². The Hall–Kier alpha value is -4.11. The molecule has 2 aromatic heterocycles. The summed E-state index contributed by atoms with van der Waals surface area (Å²) in [5.41, 5.74) is -3.42. The third-order valence-electron chi connectivity index (χ3n) is 5.39. The van der Waals surface area contributed by atoms with Gasteiger partial charge >= 0.3 is 12.1 Å². The van der Waals surface area contributed by atoms with Gasteiger partial charge in [0, 0.05) is 17.1 Å². The SMILES string of the molecule is COc1cc(C)c2[nH]ccc2c1C(OC(F)C(=O)O)(c1nc2ccc(C#N)cc2[nH]1)C(F)(F)F. The zero-order valence-electron chi connectivity index (χ0n) is 17.6. The van der Waals surface area contributed by atoms with Crippen LogP contribution in [0.15, 0.2) is 36.5 Å². The molecule has 3 N–H and O–H groups in total. The number of halogens is 4. The van der Waals surface area contributed by atoms with Crippen LogP contribution in [0, 0.1) is 18.3 Å². The number of aromatic amines is 2. The molecule has 4 rings (SSSR count). The molecule has 0 fully saturated rings. The monoisotopic (exact) mass is 476 g/mol. The summed E-state index contributed by atoms with van der Waals surface area (Å²) in [6.45, 7) is 1.63. The number of aliphatic carboxylic acids is 1. The molecule has 2 unspecified atom stereocenters. The number of carboxylic acid groups (broad SMARTS) is 1. The highest BCUT2D eigenvalue weighted by Gasteiger charge is 2.64. The molecular formula is C22H16F4N4O4. The number of hydrogen-bond acceptors (Lipinski definition) is 5. The van der Waals surface area contributed by atoms with Crippen LogP contribution < -0.4 is 4.74 Å². The lowest BCUT2D eigenvalue weighted by Crippen LogP contribution is -2.50. The molecule has 0 saturated carbocycles. The van der Waals surface area contributed by atoms with Crippen LogP contribution in [0.3, 0.4) is 0 Å². The van der Waals surface area contributed by atoms with Gasteiger partial charge < -0.3 is 24.5 Å². The first-order chi connectivity index (χ1) is 16.0. The number of benzene rings is 2. The van der Waals surface area contributed by atoms with Crippen molar-refractivity contribution >= 4 is 27.9 Å². The van der Waals surface area contributed by atoms with Crippen LogP contribution in [0.1, 0.15) is 22.5 Å². The topological polar surface area (TPSA) is 124 Å². The highest BCUT2D eigenvalue weighted by atomic mass is 19.4. The molecule has 0 saturated heterocycles. The average Bonchev–Trinajstić information content (AvgIpc) is 3.43. The molecule has 8 nitrogen and oxygen atoms in total. The van der Waals surface area contributed by atoms with E-state index in [0.717, 1.165) is 7.11 Å². The number of fused-ring (bicyclic) bond motifs is 2. The van der Waals surface area contributed by atoms with Gasteiger partial charge in [-0.25, -0.2) is 14.2 Å². The van der Waals surface area contributed by atoms with Gasteiger partial charge in [0.2, 0.25) is 0 Å². The van der Waals surface area contributed by atoms with Crippen molar-refractivity contribution in [2.75, 3.05) is 7.11 Å². The van der Waals surface area contributed by atoms with Gasteiger partial charge in [0.15, 0.2) is 5.82 Å².